The number of hydrogen-bond acceptors (Lipinski definition) is 2. The van der Waals surface area contributed by atoms with Gasteiger partial charge in [0.2, 0.25) is 0 Å². The highest BCUT2D eigenvalue weighted by atomic mass is 19.1. The molecule has 0 saturated heterocycles. The van der Waals surface area contributed by atoms with Crippen molar-refractivity contribution >= 4 is 11.4 Å². The summed E-state index contributed by atoms with van der Waals surface area (Å²) >= 11 is 0. The van der Waals surface area contributed by atoms with Crippen molar-refractivity contribution in [3.05, 3.63) is 35.1 Å². The quantitative estimate of drug-likeness (QED) is 0.707. The lowest BCUT2D eigenvalue weighted by molar-refractivity contribution is 0.612. The zero-order chi connectivity index (χ0) is 10.8. The number of nitrogens with zero attached hydrogens (tertiary/aromatic N) is 2. The van der Waals surface area contributed by atoms with Crippen LogP contribution in [0.5, 0.6) is 0 Å². The molecule has 2 nitrogen and oxygen atoms in total. The number of rotatable bonds is 2. The molecular weight excluding hydrogens is 191 g/mol. The van der Waals surface area contributed by atoms with Crippen molar-refractivity contribution in [3.8, 4) is 0 Å². The van der Waals surface area contributed by atoms with E-state index >= 15 is 0 Å². The molecule has 1 aromatic rings. The Morgan fingerprint density at radius 3 is 2.67 bits per heavy atom. The average molecular weight is 204 g/mol. The predicted octanol–water partition coefficient (Wildman–Crippen LogP) is 2.96. The molecule has 0 radical (unpaired) electrons. The number of hydrogen-bond donors (Lipinski definition) is 0. The summed E-state index contributed by atoms with van der Waals surface area (Å²) in [5.41, 5.74) is 3.42. The monoisotopic (exact) mass is 204 g/mol. The second-order valence-electron chi connectivity index (χ2n) is 3.72. The molecule has 0 unspecified atom stereocenters. The summed E-state index contributed by atoms with van der Waals surface area (Å²) in [5.74, 6) is -0.151. The second-order valence-corrected chi connectivity index (χ2v) is 3.72. The van der Waals surface area contributed by atoms with E-state index in [0.717, 1.165) is 29.0 Å². The zero-order valence-corrected chi connectivity index (χ0v) is 8.92. The first kappa shape index (κ1) is 10.0. The van der Waals surface area contributed by atoms with Crippen LogP contribution in [0.1, 0.15) is 31.4 Å². The van der Waals surface area contributed by atoms with Crippen molar-refractivity contribution < 1.29 is 4.39 Å². The van der Waals surface area contributed by atoms with Crippen LogP contribution in [0.4, 0.5) is 4.39 Å². The van der Waals surface area contributed by atoms with Crippen LogP contribution in [0.15, 0.2) is 28.4 Å². The Kier molecular flexibility index (Phi) is 2.62. The van der Waals surface area contributed by atoms with Crippen molar-refractivity contribution in [2.24, 2.45) is 10.2 Å². The van der Waals surface area contributed by atoms with Crippen molar-refractivity contribution in [1.29, 1.82) is 0 Å². The van der Waals surface area contributed by atoms with Gasteiger partial charge in [-0.1, -0.05) is 19.1 Å². The molecule has 0 amide bonds. The summed E-state index contributed by atoms with van der Waals surface area (Å²) in [6.45, 7) is 3.87. The highest BCUT2D eigenvalue weighted by Crippen LogP contribution is 2.16. The topological polar surface area (TPSA) is 24.7 Å². The molecule has 1 aliphatic heterocycles. The molecule has 0 bridgehead atoms. The van der Waals surface area contributed by atoms with Crippen LogP contribution in [-0.2, 0) is 6.42 Å². The minimum absolute atomic E-state index is 0.151. The molecule has 0 aliphatic carbocycles. The largest absolute Gasteiger partial charge is 0.207 e. The number of aryl methyl sites for hydroxylation is 1. The lowest BCUT2D eigenvalue weighted by atomic mass is 10.0. The molecule has 2 rings (SSSR count). The molecule has 1 heterocycles. The van der Waals surface area contributed by atoms with E-state index in [1.807, 2.05) is 26.0 Å². The molecule has 0 spiro atoms. The minimum Gasteiger partial charge on any atom is -0.207 e. The summed E-state index contributed by atoms with van der Waals surface area (Å²) in [6.07, 6.45) is 1.44. The van der Waals surface area contributed by atoms with Gasteiger partial charge >= 0.3 is 0 Å². The number of halogens is 1. The van der Waals surface area contributed by atoms with Gasteiger partial charge in [0, 0.05) is 17.7 Å². The van der Waals surface area contributed by atoms with E-state index in [1.165, 1.54) is 0 Å². The molecule has 1 aromatic carbocycles. The van der Waals surface area contributed by atoms with E-state index in [1.54, 1.807) is 6.07 Å². The average Bonchev–Trinajstić information content (AvgIpc) is 2.65. The summed E-state index contributed by atoms with van der Waals surface area (Å²) in [4.78, 5) is 0. The minimum atomic E-state index is -0.151. The molecular formula is C12H13FN2. The SMILES string of the molecule is CCc1ccc(C2=NN=C(C)C2)cc1F. The van der Waals surface area contributed by atoms with E-state index in [9.17, 15) is 4.39 Å². The van der Waals surface area contributed by atoms with E-state index in [0.29, 0.717) is 6.42 Å². The van der Waals surface area contributed by atoms with E-state index in [-0.39, 0.29) is 5.82 Å². The van der Waals surface area contributed by atoms with Gasteiger partial charge in [0.15, 0.2) is 0 Å². The molecule has 1 aliphatic rings. The van der Waals surface area contributed by atoms with Crippen LogP contribution in [0, 0.1) is 5.82 Å². The molecule has 0 fully saturated rings. The maximum absolute atomic E-state index is 13.5. The predicted molar refractivity (Wildman–Crippen MR) is 60.0 cm³/mol. The molecule has 0 saturated carbocycles. The summed E-state index contributed by atoms with van der Waals surface area (Å²) in [5, 5.41) is 7.97. The van der Waals surface area contributed by atoms with Gasteiger partial charge in [-0.2, -0.15) is 10.2 Å². The van der Waals surface area contributed by atoms with Crippen LogP contribution in [0.2, 0.25) is 0 Å². The van der Waals surface area contributed by atoms with Crippen molar-refractivity contribution in [3.63, 3.8) is 0 Å². The highest BCUT2D eigenvalue weighted by Gasteiger charge is 2.12. The van der Waals surface area contributed by atoms with Gasteiger partial charge < -0.3 is 0 Å². The Balaban J connectivity index is 2.28. The third-order valence-corrected chi connectivity index (χ3v) is 2.53. The molecule has 0 aromatic heterocycles. The first-order chi connectivity index (χ1) is 7.20. The van der Waals surface area contributed by atoms with Gasteiger partial charge in [-0.05, 0) is 25.0 Å². The van der Waals surface area contributed by atoms with Gasteiger partial charge in [0.1, 0.15) is 5.82 Å². The van der Waals surface area contributed by atoms with E-state index in [2.05, 4.69) is 10.2 Å². The van der Waals surface area contributed by atoms with Crippen LogP contribution < -0.4 is 0 Å². The van der Waals surface area contributed by atoms with E-state index < -0.39 is 0 Å². The second kappa shape index (κ2) is 3.93. The summed E-state index contributed by atoms with van der Waals surface area (Å²) in [6, 6.07) is 5.28. The summed E-state index contributed by atoms with van der Waals surface area (Å²) in [7, 11) is 0. The van der Waals surface area contributed by atoms with Crippen LogP contribution in [0.3, 0.4) is 0 Å². The lowest BCUT2D eigenvalue weighted by Crippen LogP contribution is -2.02. The van der Waals surface area contributed by atoms with Crippen molar-refractivity contribution in [2.75, 3.05) is 0 Å². The molecule has 15 heavy (non-hydrogen) atoms. The Hall–Kier alpha value is -1.51. The smallest absolute Gasteiger partial charge is 0.127 e. The fourth-order valence-corrected chi connectivity index (χ4v) is 1.63. The van der Waals surface area contributed by atoms with Crippen LogP contribution in [0.25, 0.3) is 0 Å². The van der Waals surface area contributed by atoms with Crippen LogP contribution in [-0.4, -0.2) is 11.4 Å². The normalized spacial score (nSPS) is 15.1. The lowest BCUT2D eigenvalue weighted by Gasteiger charge is -2.03. The van der Waals surface area contributed by atoms with Crippen molar-refractivity contribution in [2.45, 2.75) is 26.7 Å². The third-order valence-electron chi connectivity index (χ3n) is 2.53. The Labute approximate surface area is 88.5 Å². The maximum atomic E-state index is 13.5. The first-order valence-corrected chi connectivity index (χ1v) is 5.09. The maximum Gasteiger partial charge on any atom is 0.127 e. The summed E-state index contributed by atoms with van der Waals surface area (Å²) < 4.78 is 13.5. The molecule has 78 valence electrons. The Morgan fingerprint density at radius 2 is 2.13 bits per heavy atom. The van der Waals surface area contributed by atoms with Crippen molar-refractivity contribution in [1.82, 2.24) is 0 Å². The first-order valence-electron chi connectivity index (χ1n) is 5.09. The van der Waals surface area contributed by atoms with Gasteiger partial charge in [0.25, 0.3) is 0 Å². The van der Waals surface area contributed by atoms with Gasteiger partial charge in [-0.3, -0.25) is 0 Å². The Bertz CT molecular complexity index is 447. The fourth-order valence-electron chi connectivity index (χ4n) is 1.63. The van der Waals surface area contributed by atoms with Gasteiger partial charge in [-0.25, -0.2) is 4.39 Å². The molecule has 0 N–H and O–H groups in total. The molecule has 0 atom stereocenters. The third kappa shape index (κ3) is 1.96. The molecule has 3 heteroatoms. The van der Waals surface area contributed by atoms with Gasteiger partial charge in [-0.15, -0.1) is 0 Å². The highest BCUT2D eigenvalue weighted by molar-refractivity contribution is 6.14. The zero-order valence-electron chi connectivity index (χ0n) is 8.92. The number of benzene rings is 1. The Morgan fingerprint density at radius 1 is 1.33 bits per heavy atom. The van der Waals surface area contributed by atoms with E-state index in [4.69, 9.17) is 0 Å². The fraction of sp³-hybridized carbons (Fsp3) is 0.333. The van der Waals surface area contributed by atoms with Gasteiger partial charge in [0.05, 0.1) is 5.71 Å². The standard InChI is InChI=1S/C12H13FN2/c1-3-9-4-5-10(7-11(9)13)12-6-8(2)14-15-12/h4-5,7H,3,6H2,1-2H3. The van der Waals surface area contributed by atoms with Crippen LogP contribution >= 0.6 is 0 Å².